The summed E-state index contributed by atoms with van der Waals surface area (Å²) in [6, 6.07) is 5.91. The van der Waals surface area contributed by atoms with Gasteiger partial charge in [0, 0.05) is 6.20 Å². The molecule has 0 amide bonds. The van der Waals surface area contributed by atoms with Gasteiger partial charge in [-0.25, -0.2) is 9.97 Å². The van der Waals surface area contributed by atoms with E-state index in [0.29, 0.717) is 19.0 Å². The van der Waals surface area contributed by atoms with Gasteiger partial charge in [0.25, 0.3) is 0 Å². The molecule has 88 valence electrons. The number of hydrogen-bond acceptors (Lipinski definition) is 5. The zero-order valence-corrected chi connectivity index (χ0v) is 9.98. The van der Waals surface area contributed by atoms with Crippen molar-refractivity contribution in [3.05, 3.63) is 35.6 Å². The average Bonchev–Trinajstić information content (AvgIpc) is 2.82. The molecular weight excluding hydrogens is 236 g/mol. The van der Waals surface area contributed by atoms with Crippen LogP contribution in [-0.2, 0) is 10.2 Å². The summed E-state index contributed by atoms with van der Waals surface area (Å²) in [4.78, 5) is 9.92. The fourth-order valence-electron chi connectivity index (χ4n) is 1.82. The Hall–Kier alpha value is -1.30. The van der Waals surface area contributed by atoms with Gasteiger partial charge >= 0.3 is 0 Å². The Kier molecular flexibility index (Phi) is 2.66. The largest absolute Gasteiger partial charge is 0.395 e. The quantitative estimate of drug-likeness (QED) is 0.893. The van der Waals surface area contributed by atoms with E-state index in [1.165, 1.54) is 0 Å². The van der Waals surface area contributed by atoms with Crippen molar-refractivity contribution in [2.45, 2.75) is 5.41 Å². The van der Waals surface area contributed by atoms with Gasteiger partial charge in [-0.1, -0.05) is 6.07 Å². The van der Waals surface area contributed by atoms with Crippen molar-refractivity contribution in [1.29, 1.82) is 0 Å². The summed E-state index contributed by atoms with van der Waals surface area (Å²) >= 11 is 1.64. The lowest BCUT2D eigenvalue weighted by Gasteiger charge is -2.38. The van der Waals surface area contributed by atoms with Crippen LogP contribution in [0.25, 0.3) is 10.6 Å². The fourth-order valence-corrected chi connectivity index (χ4v) is 2.51. The summed E-state index contributed by atoms with van der Waals surface area (Å²) in [5.41, 5.74) is 0.512. The Labute approximate surface area is 103 Å². The Balaban J connectivity index is 1.99. The van der Waals surface area contributed by atoms with Crippen LogP contribution < -0.4 is 0 Å². The van der Waals surface area contributed by atoms with E-state index in [9.17, 15) is 5.11 Å². The third-order valence-corrected chi connectivity index (χ3v) is 3.86. The number of nitrogens with zero attached hydrogens (tertiary/aromatic N) is 2. The first-order valence-electron chi connectivity index (χ1n) is 5.40. The predicted molar refractivity (Wildman–Crippen MR) is 64.9 cm³/mol. The molecule has 0 unspecified atom stereocenters. The molecule has 17 heavy (non-hydrogen) atoms. The van der Waals surface area contributed by atoms with E-state index >= 15 is 0 Å². The molecule has 0 spiro atoms. The Morgan fingerprint density at radius 1 is 1.41 bits per heavy atom. The van der Waals surface area contributed by atoms with Crippen molar-refractivity contribution in [1.82, 2.24) is 9.97 Å². The van der Waals surface area contributed by atoms with Crippen LogP contribution in [-0.4, -0.2) is 34.9 Å². The molecule has 1 aliphatic heterocycles. The van der Waals surface area contributed by atoms with E-state index < -0.39 is 5.41 Å². The maximum absolute atomic E-state index is 9.45. The lowest BCUT2D eigenvalue weighted by molar-refractivity contribution is -0.0883. The standard InChI is InChI=1S/C12H12N2O2S/c15-6-12(7-16-8-12)11-13-4-3-9(14-11)10-2-1-5-17-10/h1-5,15H,6-8H2. The molecule has 1 fully saturated rings. The summed E-state index contributed by atoms with van der Waals surface area (Å²) in [6.07, 6.45) is 1.74. The summed E-state index contributed by atoms with van der Waals surface area (Å²) in [7, 11) is 0. The van der Waals surface area contributed by atoms with Gasteiger partial charge in [0.1, 0.15) is 5.82 Å². The molecule has 0 aliphatic carbocycles. The van der Waals surface area contributed by atoms with Crippen LogP contribution in [0.1, 0.15) is 5.82 Å². The van der Waals surface area contributed by atoms with Gasteiger partial charge in [0.15, 0.2) is 0 Å². The molecular formula is C12H12N2O2S. The van der Waals surface area contributed by atoms with E-state index in [2.05, 4.69) is 9.97 Å². The van der Waals surface area contributed by atoms with Gasteiger partial charge < -0.3 is 9.84 Å². The van der Waals surface area contributed by atoms with Gasteiger partial charge in [0.05, 0.1) is 35.8 Å². The average molecular weight is 248 g/mol. The second-order valence-corrected chi connectivity index (χ2v) is 5.12. The zero-order valence-electron chi connectivity index (χ0n) is 9.17. The topological polar surface area (TPSA) is 55.2 Å². The van der Waals surface area contributed by atoms with E-state index in [-0.39, 0.29) is 6.61 Å². The summed E-state index contributed by atoms with van der Waals surface area (Å²) in [6.45, 7) is 1.02. The smallest absolute Gasteiger partial charge is 0.142 e. The SMILES string of the molecule is OCC1(c2nccc(-c3cccs3)n2)COC1. The predicted octanol–water partition coefficient (Wildman–Crippen LogP) is 1.47. The Morgan fingerprint density at radius 2 is 2.29 bits per heavy atom. The highest BCUT2D eigenvalue weighted by Gasteiger charge is 2.42. The van der Waals surface area contributed by atoms with Crippen LogP contribution in [0.4, 0.5) is 0 Å². The van der Waals surface area contributed by atoms with Gasteiger partial charge in [-0.15, -0.1) is 11.3 Å². The minimum Gasteiger partial charge on any atom is -0.395 e. The minimum atomic E-state index is -0.396. The van der Waals surface area contributed by atoms with Gasteiger partial charge in [0.2, 0.25) is 0 Å². The summed E-state index contributed by atoms with van der Waals surface area (Å²) in [5, 5.41) is 11.5. The normalized spacial score (nSPS) is 17.7. The highest BCUT2D eigenvalue weighted by molar-refractivity contribution is 7.13. The summed E-state index contributed by atoms with van der Waals surface area (Å²) < 4.78 is 5.18. The van der Waals surface area contributed by atoms with E-state index in [4.69, 9.17) is 4.74 Å². The highest BCUT2D eigenvalue weighted by Crippen LogP contribution is 2.31. The Morgan fingerprint density at radius 3 is 2.88 bits per heavy atom. The van der Waals surface area contributed by atoms with Crippen LogP contribution in [0, 0.1) is 0 Å². The van der Waals surface area contributed by atoms with Crippen molar-refractivity contribution < 1.29 is 9.84 Å². The summed E-state index contributed by atoms with van der Waals surface area (Å²) in [5.74, 6) is 0.678. The van der Waals surface area contributed by atoms with Crippen LogP contribution >= 0.6 is 11.3 Å². The van der Waals surface area contributed by atoms with Crippen molar-refractivity contribution in [2.24, 2.45) is 0 Å². The number of hydrogen-bond donors (Lipinski definition) is 1. The molecule has 1 N–H and O–H groups in total. The second kappa shape index (κ2) is 4.18. The first-order chi connectivity index (χ1) is 8.34. The molecule has 3 heterocycles. The minimum absolute atomic E-state index is 0.0287. The van der Waals surface area contributed by atoms with Gasteiger partial charge in [-0.3, -0.25) is 0 Å². The molecule has 2 aromatic rings. The number of rotatable bonds is 3. The number of aromatic nitrogens is 2. The maximum Gasteiger partial charge on any atom is 0.142 e. The molecule has 0 bridgehead atoms. The third kappa shape index (κ3) is 1.76. The molecule has 1 saturated heterocycles. The molecule has 5 heteroatoms. The molecule has 1 aliphatic rings. The number of thiophene rings is 1. The first kappa shape index (κ1) is 10.8. The molecule has 3 rings (SSSR count). The van der Waals surface area contributed by atoms with Crippen LogP contribution in [0.5, 0.6) is 0 Å². The van der Waals surface area contributed by atoms with Crippen molar-refractivity contribution in [3.63, 3.8) is 0 Å². The number of ether oxygens (including phenoxy) is 1. The molecule has 4 nitrogen and oxygen atoms in total. The fraction of sp³-hybridized carbons (Fsp3) is 0.333. The zero-order chi connectivity index (χ0) is 11.7. The first-order valence-corrected chi connectivity index (χ1v) is 6.28. The Bertz CT molecular complexity index is 503. The molecule has 2 aromatic heterocycles. The van der Waals surface area contributed by atoms with Crippen molar-refractivity contribution in [3.8, 4) is 10.6 Å². The molecule has 0 atom stereocenters. The van der Waals surface area contributed by atoms with Crippen LogP contribution in [0.2, 0.25) is 0 Å². The second-order valence-electron chi connectivity index (χ2n) is 4.17. The number of aliphatic hydroxyl groups is 1. The number of aliphatic hydroxyl groups excluding tert-OH is 1. The lowest BCUT2D eigenvalue weighted by Crippen LogP contribution is -2.50. The monoisotopic (exact) mass is 248 g/mol. The van der Waals surface area contributed by atoms with E-state index in [1.807, 2.05) is 23.6 Å². The molecule has 0 aromatic carbocycles. The third-order valence-electron chi connectivity index (χ3n) is 2.96. The highest BCUT2D eigenvalue weighted by atomic mass is 32.1. The van der Waals surface area contributed by atoms with Crippen molar-refractivity contribution in [2.75, 3.05) is 19.8 Å². The van der Waals surface area contributed by atoms with Crippen molar-refractivity contribution >= 4 is 11.3 Å². The van der Waals surface area contributed by atoms with Crippen LogP contribution in [0.3, 0.4) is 0 Å². The van der Waals surface area contributed by atoms with E-state index in [0.717, 1.165) is 10.6 Å². The molecule has 0 radical (unpaired) electrons. The molecule has 0 saturated carbocycles. The van der Waals surface area contributed by atoms with Crippen LogP contribution in [0.15, 0.2) is 29.8 Å². The van der Waals surface area contributed by atoms with Gasteiger partial charge in [-0.2, -0.15) is 0 Å². The van der Waals surface area contributed by atoms with E-state index in [1.54, 1.807) is 17.5 Å². The van der Waals surface area contributed by atoms with Gasteiger partial charge in [-0.05, 0) is 17.5 Å². The lowest BCUT2D eigenvalue weighted by atomic mass is 9.86. The maximum atomic E-state index is 9.45.